The van der Waals surface area contributed by atoms with E-state index in [4.69, 9.17) is 23.1 Å². The van der Waals surface area contributed by atoms with Crippen LogP contribution >= 0.6 is 23.4 Å². The maximum Gasteiger partial charge on any atom is 0.241 e. The Labute approximate surface area is 141 Å². The monoisotopic (exact) mass is 349 g/mol. The zero-order valence-electron chi connectivity index (χ0n) is 12.1. The fourth-order valence-electron chi connectivity index (χ4n) is 2.23. The SMILES string of the molecule is CSc1ccc(-c2ccc(-n3nc(N)nc3N)cc2Cl)c(F)c1. The number of nitrogens with zero attached hydrogens (tertiary/aromatic N) is 3. The van der Waals surface area contributed by atoms with Crippen molar-refractivity contribution in [1.82, 2.24) is 14.8 Å². The smallest absolute Gasteiger partial charge is 0.241 e. The number of anilines is 2. The standard InChI is InChI=1S/C15H13ClFN5S/c1-23-9-3-5-11(13(17)7-9)10-4-2-8(6-12(10)16)22-15(19)20-14(18)21-22/h2-7H,1H3,(H4,18,19,20,21). The highest BCUT2D eigenvalue weighted by Gasteiger charge is 2.13. The van der Waals surface area contributed by atoms with Gasteiger partial charge in [-0.1, -0.05) is 23.7 Å². The Morgan fingerprint density at radius 1 is 1.13 bits per heavy atom. The molecule has 0 radical (unpaired) electrons. The maximum atomic E-state index is 14.3. The van der Waals surface area contributed by atoms with Crippen molar-refractivity contribution in [3.05, 3.63) is 47.2 Å². The Hall–Kier alpha value is -2.25. The van der Waals surface area contributed by atoms with Gasteiger partial charge in [0.1, 0.15) is 5.82 Å². The minimum Gasteiger partial charge on any atom is -0.368 e. The molecular weight excluding hydrogens is 337 g/mol. The molecule has 0 aliphatic rings. The summed E-state index contributed by atoms with van der Waals surface area (Å²) in [5, 5.41) is 4.37. The Morgan fingerprint density at radius 2 is 1.87 bits per heavy atom. The van der Waals surface area contributed by atoms with Crippen LogP contribution < -0.4 is 11.5 Å². The van der Waals surface area contributed by atoms with Crippen LogP contribution in [-0.4, -0.2) is 21.0 Å². The van der Waals surface area contributed by atoms with Crippen LogP contribution in [0.5, 0.6) is 0 Å². The van der Waals surface area contributed by atoms with Crippen molar-refractivity contribution in [2.45, 2.75) is 4.90 Å². The number of nitrogen functional groups attached to an aromatic ring is 2. The van der Waals surface area contributed by atoms with E-state index in [1.165, 1.54) is 22.5 Å². The summed E-state index contributed by atoms with van der Waals surface area (Å²) in [5.74, 6) is -0.0979. The third-order valence-corrected chi connectivity index (χ3v) is 4.35. The summed E-state index contributed by atoms with van der Waals surface area (Å²) in [6.07, 6.45) is 1.89. The first kappa shape index (κ1) is 15.6. The van der Waals surface area contributed by atoms with Crippen LogP contribution in [0.4, 0.5) is 16.3 Å². The van der Waals surface area contributed by atoms with Crippen LogP contribution in [0.15, 0.2) is 41.3 Å². The molecule has 0 fully saturated rings. The molecule has 0 spiro atoms. The first-order chi connectivity index (χ1) is 11.0. The fourth-order valence-corrected chi connectivity index (χ4v) is 2.93. The summed E-state index contributed by atoms with van der Waals surface area (Å²) < 4.78 is 15.6. The molecular formula is C15H13ClFN5S. The van der Waals surface area contributed by atoms with Crippen molar-refractivity contribution in [3.63, 3.8) is 0 Å². The molecule has 0 atom stereocenters. The van der Waals surface area contributed by atoms with E-state index in [1.807, 2.05) is 12.3 Å². The highest BCUT2D eigenvalue weighted by atomic mass is 35.5. The van der Waals surface area contributed by atoms with Gasteiger partial charge in [0.2, 0.25) is 11.9 Å². The average Bonchev–Trinajstić information content (AvgIpc) is 2.86. The van der Waals surface area contributed by atoms with Gasteiger partial charge in [-0.2, -0.15) is 9.67 Å². The highest BCUT2D eigenvalue weighted by Crippen LogP contribution is 2.33. The van der Waals surface area contributed by atoms with E-state index < -0.39 is 0 Å². The lowest BCUT2D eigenvalue weighted by Gasteiger charge is -2.10. The third kappa shape index (κ3) is 2.97. The average molecular weight is 350 g/mol. The molecule has 0 bridgehead atoms. The van der Waals surface area contributed by atoms with Gasteiger partial charge in [-0.3, -0.25) is 0 Å². The summed E-state index contributed by atoms with van der Waals surface area (Å²) in [5.41, 5.74) is 12.9. The Kier molecular flexibility index (Phi) is 4.14. The molecule has 0 amide bonds. The first-order valence-electron chi connectivity index (χ1n) is 6.61. The minimum absolute atomic E-state index is 0.0707. The Bertz CT molecular complexity index is 880. The predicted octanol–water partition coefficient (Wildman–Crippen LogP) is 3.61. The van der Waals surface area contributed by atoms with E-state index in [0.717, 1.165) is 4.90 Å². The second kappa shape index (κ2) is 6.10. The molecule has 118 valence electrons. The molecule has 3 aromatic rings. The molecule has 0 aliphatic carbocycles. The number of thioether (sulfide) groups is 1. The van der Waals surface area contributed by atoms with Crippen molar-refractivity contribution in [2.75, 3.05) is 17.7 Å². The normalized spacial score (nSPS) is 10.9. The summed E-state index contributed by atoms with van der Waals surface area (Å²) in [6, 6.07) is 10.1. The molecule has 0 saturated carbocycles. The van der Waals surface area contributed by atoms with E-state index >= 15 is 0 Å². The largest absolute Gasteiger partial charge is 0.368 e. The van der Waals surface area contributed by atoms with Crippen LogP contribution in [0, 0.1) is 5.82 Å². The number of rotatable bonds is 3. The van der Waals surface area contributed by atoms with Crippen molar-refractivity contribution >= 4 is 35.3 Å². The molecule has 0 aliphatic heterocycles. The van der Waals surface area contributed by atoms with E-state index in [9.17, 15) is 4.39 Å². The summed E-state index contributed by atoms with van der Waals surface area (Å²) in [6.45, 7) is 0. The second-order valence-electron chi connectivity index (χ2n) is 4.75. The van der Waals surface area contributed by atoms with Crippen molar-refractivity contribution in [2.24, 2.45) is 0 Å². The first-order valence-corrected chi connectivity index (χ1v) is 8.21. The lowest BCUT2D eigenvalue weighted by Crippen LogP contribution is -2.02. The van der Waals surface area contributed by atoms with Crippen molar-refractivity contribution in [1.29, 1.82) is 0 Å². The molecule has 5 nitrogen and oxygen atoms in total. The van der Waals surface area contributed by atoms with Gasteiger partial charge in [0.05, 0.1) is 10.7 Å². The maximum absolute atomic E-state index is 14.3. The molecule has 1 aromatic heterocycles. The molecule has 1 heterocycles. The number of hydrogen-bond acceptors (Lipinski definition) is 5. The van der Waals surface area contributed by atoms with Gasteiger partial charge < -0.3 is 11.5 Å². The Morgan fingerprint density at radius 3 is 2.43 bits per heavy atom. The van der Waals surface area contributed by atoms with Gasteiger partial charge in [0.15, 0.2) is 0 Å². The van der Waals surface area contributed by atoms with Crippen LogP contribution in [0.2, 0.25) is 5.02 Å². The molecule has 2 aromatic carbocycles. The second-order valence-corrected chi connectivity index (χ2v) is 6.04. The number of nitrogens with two attached hydrogens (primary N) is 2. The number of benzene rings is 2. The highest BCUT2D eigenvalue weighted by molar-refractivity contribution is 7.98. The van der Waals surface area contributed by atoms with Crippen molar-refractivity contribution in [3.8, 4) is 16.8 Å². The quantitative estimate of drug-likeness (QED) is 0.706. The molecule has 3 rings (SSSR count). The minimum atomic E-state index is -0.323. The van der Waals surface area contributed by atoms with E-state index in [-0.39, 0.29) is 17.7 Å². The van der Waals surface area contributed by atoms with Gasteiger partial charge >= 0.3 is 0 Å². The van der Waals surface area contributed by atoms with Gasteiger partial charge in [-0.25, -0.2) is 4.39 Å². The topological polar surface area (TPSA) is 82.8 Å². The predicted molar refractivity (Wildman–Crippen MR) is 92.4 cm³/mol. The van der Waals surface area contributed by atoms with E-state index in [0.29, 0.717) is 21.8 Å². The molecule has 0 saturated heterocycles. The lowest BCUT2D eigenvalue weighted by molar-refractivity contribution is 0.628. The zero-order valence-corrected chi connectivity index (χ0v) is 13.7. The van der Waals surface area contributed by atoms with Gasteiger partial charge in [0.25, 0.3) is 0 Å². The summed E-state index contributed by atoms with van der Waals surface area (Å²) in [7, 11) is 0. The number of halogens is 2. The van der Waals surface area contributed by atoms with Gasteiger partial charge in [0, 0.05) is 16.0 Å². The van der Waals surface area contributed by atoms with Crippen LogP contribution in [0.25, 0.3) is 16.8 Å². The zero-order chi connectivity index (χ0) is 16.6. The number of aromatic nitrogens is 3. The van der Waals surface area contributed by atoms with Gasteiger partial charge in [-0.15, -0.1) is 16.9 Å². The molecule has 4 N–H and O–H groups in total. The lowest BCUT2D eigenvalue weighted by atomic mass is 10.0. The van der Waals surface area contributed by atoms with Crippen LogP contribution in [0.1, 0.15) is 0 Å². The van der Waals surface area contributed by atoms with Crippen molar-refractivity contribution < 1.29 is 4.39 Å². The Balaban J connectivity index is 2.05. The van der Waals surface area contributed by atoms with E-state index in [2.05, 4.69) is 10.1 Å². The van der Waals surface area contributed by atoms with E-state index in [1.54, 1.807) is 24.3 Å². The summed E-state index contributed by atoms with van der Waals surface area (Å²) >= 11 is 7.79. The number of hydrogen-bond donors (Lipinski definition) is 2. The fraction of sp³-hybridized carbons (Fsp3) is 0.0667. The molecule has 0 unspecified atom stereocenters. The molecule has 23 heavy (non-hydrogen) atoms. The molecule has 8 heteroatoms. The van der Waals surface area contributed by atoms with Crippen LogP contribution in [0.3, 0.4) is 0 Å². The third-order valence-electron chi connectivity index (χ3n) is 3.31. The van der Waals surface area contributed by atoms with Gasteiger partial charge in [-0.05, 0) is 30.5 Å². The van der Waals surface area contributed by atoms with Crippen LogP contribution in [-0.2, 0) is 0 Å². The summed E-state index contributed by atoms with van der Waals surface area (Å²) in [4.78, 5) is 4.68.